The first kappa shape index (κ1) is 14.4. The van der Waals surface area contributed by atoms with Crippen molar-refractivity contribution in [3.05, 3.63) is 30.1 Å². The molecule has 0 aromatic carbocycles. The van der Waals surface area contributed by atoms with E-state index in [1.54, 1.807) is 12.4 Å². The Morgan fingerprint density at radius 3 is 2.94 bits per heavy atom. The minimum Gasteiger partial charge on any atom is -0.396 e. The number of aliphatic hydroxyl groups excluding tert-OH is 2. The Morgan fingerprint density at radius 1 is 1.47 bits per heavy atom. The van der Waals surface area contributed by atoms with E-state index in [1.165, 1.54) is 0 Å². The van der Waals surface area contributed by atoms with Crippen LogP contribution in [0.2, 0.25) is 0 Å². The normalized spacial score (nSPS) is 27.8. The molecular weight excluding hydrogens is 242 g/mol. The maximum atomic E-state index is 9.82. The van der Waals surface area contributed by atoms with E-state index in [9.17, 15) is 5.11 Å². The molecule has 2 heterocycles. The average Bonchev–Trinajstić information content (AvgIpc) is 2.69. The van der Waals surface area contributed by atoms with Crippen molar-refractivity contribution in [1.82, 2.24) is 4.98 Å². The molecule has 2 N–H and O–H groups in total. The van der Waals surface area contributed by atoms with Gasteiger partial charge in [-0.1, -0.05) is 6.07 Å². The lowest BCUT2D eigenvalue weighted by Gasteiger charge is -2.19. The van der Waals surface area contributed by atoms with Crippen molar-refractivity contribution < 1.29 is 14.9 Å². The standard InChI is InChI=1S/C12H17NO3.ClH/c14-6-2-4-10-11(15)8-16-12(10)9-3-1-5-13-7-9;/h1,3,5,7,10-12,14-15H,2,4,6,8H2;1H. The lowest BCUT2D eigenvalue weighted by atomic mass is 9.90. The summed E-state index contributed by atoms with van der Waals surface area (Å²) in [4.78, 5) is 4.06. The van der Waals surface area contributed by atoms with Crippen LogP contribution in [0, 0.1) is 5.92 Å². The maximum absolute atomic E-state index is 9.82. The van der Waals surface area contributed by atoms with Gasteiger partial charge in [0.1, 0.15) is 0 Å². The summed E-state index contributed by atoms with van der Waals surface area (Å²) >= 11 is 0. The van der Waals surface area contributed by atoms with Gasteiger partial charge in [0.15, 0.2) is 0 Å². The van der Waals surface area contributed by atoms with Crippen LogP contribution >= 0.6 is 12.4 Å². The van der Waals surface area contributed by atoms with Crippen molar-refractivity contribution in [1.29, 1.82) is 0 Å². The van der Waals surface area contributed by atoms with Crippen LogP contribution in [0.5, 0.6) is 0 Å². The second-order valence-corrected chi connectivity index (χ2v) is 4.14. The molecule has 0 aliphatic carbocycles. The number of pyridine rings is 1. The Hall–Kier alpha value is -0.680. The van der Waals surface area contributed by atoms with Gasteiger partial charge in [-0.2, -0.15) is 0 Å². The monoisotopic (exact) mass is 259 g/mol. The molecular formula is C12H18ClNO3. The minimum absolute atomic E-state index is 0. The van der Waals surface area contributed by atoms with Gasteiger partial charge in [0.05, 0.1) is 18.8 Å². The molecule has 0 saturated carbocycles. The highest BCUT2D eigenvalue weighted by molar-refractivity contribution is 5.85. The SMILES string of the molecule is Cl.OCCCC1C(O)COC1c1cccnc1. The Balaban J connectivity index is 0.00000144. The molecule has 1 saturated heterocycles. The van der Waals surface area contributed by atoms with Crippen LogP contribution in [0.4, 0.5) is 0 Å². The van der Waals surface area contributed by atoms with Crippen LogP contribution in [0.1, 0.15) is 24.5 Å². The number of ether oxygens (including phenoxy) is 1. The summed E-state index contributed by atoms with van der Waals surface area (Å²) in [5.41, 5.74) is 1.00. The molecule has 1 aromatic rings. The molecule has 1 aromatic heterocycles. The Labute approximate surface area is 107 Å². The fourth-order valence-electron chi connectivity index (χ4n) is 2.21. The molecule has 17 heavy (non-hydrogen) atoms. The zero-order valence-corrected chi connectivity index (χ0v) is 10.3. The molecule has 0 amide bonds. The number of halogens is 1. The van der Waals surface area contributed by atoms with E-state index in [0.29, 0.717) is 13.0 Å². The van der Waals surface area contributed by atoms with Gasteiger partial charge < -0.3 is 14.9 Å². The van der Waals surface area contributed by atoms with Gasteiger partial charge in [-0.15, -0.1) is 12.4 Å². The largest absolute Gasteiger partial charge is 0.396 e. The summed E-state index contributed by atoms with van der Waals surface area (Å²) in [6, 6.07) is 3.83. The van der Waals surface area contributed by atoms with Crippen molar-refractivity contribution in [2.45, 2.75) is 25.0 Å². The van der Waals surface area contributed by atoms with Crippen LogP contribution in [-0.2, 0) is 4.74 Å². The number of hydrogen-bond donors (Lipinski definition) is 2. The number of aliphatic hydroxyl groups is 2. The smallest absolute Gasteiger partial charge is 0.0894 e. The zero-order valence-electron chi connectivity index (χ0n) is 9.53. The Morgan fingerprint density at radius 2 is 2.29 bits per heavy atom. The van der Waals surface area contributed by atoms with Crippen molar-refractivity contribution in [3.63, 3.8) is 0 Å². The molecule has 2 rings (SSSR count). The average molecular weight is 260 g/mol. The fourth-order valence-corrected chi connectivity index (χ4v) is 2.21. The van der Waals surface area contributed by atoms with E-state index in [-0.39, 0.29) is 31.0 Å². The van der Waals surface area contributed by atoms with Crippen molar-refractivity contribution in [3.8, 4) is 0 Å². The first-order valence-corrected chi connectivity index (χ1v) is 5.63. The number of nitrogens with zero attached hydrogens (tertiary/aromatic N) is 1. The van der Waals surface area contributed by atoms with E-state index < -0.39 is 6.10 Å². The molecule has 96 valence electrons. The third-order valence-electron chi connectivity index (χ3n) is 3.04. The van der Waals surface area contributed by atoms with Crippen LogP contribution in [0.15, 0.2) is 24.5 Å². The first-order chi connectivity index (χ1) is 7.83. The summed E-state index contributed by atoms with van der Waals surface area (Å²) in [5.74, 6) is 0.0661. The molecule has 1 aliphatic rings. The lowest BCUT2D eigenvalue weighted by Crippen LogP contribution is -2.20. The van der Waals surface area contributed by atoms with Crippen molar-refractivity contribution in [2.24, 2.45) is 5.92 Å². The van der Waals surface area contributed by atoms with Crippen LogP contribution < -0.4 is 0 Å². The highest BCUT2D eigenvalue weighted by Gasteiger charge is 2.36. The maximum Gasteiger partial charge on any atom is 0.0894 e. The van der Waals surface area contributed by atoms with Gasteiger partial charge in [0.2, 0.25) is 0 Å². The van der Waals surface area contributed by atoms with Gasteiger partial charge in [0.25, 0.3) is 0 Å². The lowest BCUT2D eigenvalue weighted by molar-refractivity contribution is 0.0840. The van der Waals surface area contributed by atoms with Crippen LogP contribution in [0.3, 0.4) is 0 Å². The summed E-state index contributed by atoms with van der Waals surface area (Å²) in [5, 5.41) is 18.7. The Kier molecular flexibility index (Phi) is 5.85. The number of aromatic nitrogens is 1. The summed E-state index contributed by atoms with van der Waals surface area (Å²) < 4.78 is 5.59. The van der Waals surface area contributed by atoms with E-state index in [4.69, 9.17) is 9.84 Å². The molecule has 1 fully saturated rings. The second-order valence-electron chi connectivity index (χ2n) is 4.14. The quantitative estimate of drug-likeness (QED) is 0.856. The first-order valence-electron chi connectivity index (χ1n) is 5.63. The van der Waals surface area contributed by atoms with Gasteiger partial charge in [-0.05, 0) is 24.5 Å². The Bertz CT molecular complexity index is 323. The van der Waals surface area contributed by atoms with E-state index in [1.807, 2.05) is 12.1 Å². The molecule has 0 spiro atoms. The molecule has 3 atom stereocenters. The van der Waals surface area contributed by atoms with Gasteiger partial charge in [-0.25, -0.2) is 0 Å². The molecule has 0 radical (unpaired) electrons. The van der Waals surface area contributed by atoms with Crippen molar-refractivity contribution in [2.75, 3.05) is 13.2 Å². The summed E-state index contributed by atoms with van der Waals surface area (Å²) in [7, 11) is 0. The van der Waals surface area contributed by atoms with E-state index in [2.05, 4.69) is 4.98 Å². The van der Waals surface area contributed by atoms with Crippen LogP contribution in [0.25, 0.3) is 0 Å². The zero-order chi connectivity index (χ0) is 11.4. The van der Waals surface area contributed by atoms with Gasteiger partial charge in [-0.3, -0.25) is 4.98 Å². The summed E-state index contributed by atoms with van der Waals surface area (Å²) in [6.45, 7) is 0.526. The second kappa shape index (κ2) is 6.91. The topological polar surface area (TPSA) is 62.6 Å². The summed E-state index contributed by atoms with van der Waals surface area (Å²) in [6.07, 6.45) is 4.44. The molecule has 1 aliphatic heterocycles. The highest BCUT2D eigenvalue weighted by atomic mass is 35.5. The van der Waals surface area contributed by atoms with Gasteiger partial charge >= 0.3 is 0 Å². The van der Waals surface area contributed by atoms with Gasteiger partial charge in [0, 0.05) is 24.9 Å². The van der Waals surface area contributed by atoms with E-state index >= 15 is 0 Å². The van der Waals surface area contributed by atoms with Crippen molar-refractivity contribution >= 4 is 12.4 Å². The van der Waals surface area contributed by atoms with Crippen LogP contribution in [-0.4, -0.2) is 34.5 Å². The molecule has 3 unspecified atom stereocenters. The minimum atomic E-state index is -0.434. The fraction of sp³-hybridized carbons (Fsp3) is 0.583. The number of rotatable bonds is 4. The highest BCUT2D eigenvalue weighted by Crippen LogP contribution is 2.37. The molecule has 0 bridgehead atoms. The van der Waals surface area contributed by atoms with E-state index in [0.717, 1.165) is 12.0 Å². The predicted molar refractivity (Wildman–Crippen MR) is 66.0 cm³/mol. The molecule has 5 heteroatoms. The molecule has 4 nitrogen and oxygen atoms in total. The number of hydrogen-bond acceptors (Lipinski definition) is 4. The third kappa shape index (κ3) is 3.39. The third-order valence-corrected chi connectivity index (χ3v) is 3.04. The predicted octanol–water partition coefficient (Wildman–Crippen LogP) is 1.32.